The summed E-state index contributed by atoms with van der Waals surface area (Å²) in [6.07, 6.45) is 3.76. The van der Waals surface area contributed by atoms with Crippen LogP contribution in [0.2, 0.25) is 0 Å². The van der Waals surface area contributed by atoms with E-state index in [-0.39, 0.29) is 12.5 Å². The highest BCUT2D eigenvalue weighted by Crippen LogP contribution is 2.30. The molecule has 5 heteroatoms. The molecule has 0 radical (unpaired) electrons. The molecule has 1 aliphatic rings. The molecule has 0 bridgehead atoms. The number of esters is 1. The van der Waals surface area contributed by atoms with Crippen LogP contribution in [-0.2, 0) is 9.53 Å². The summed E-state index contributed by atoms with van der Waals surface area (Å²) >= 11 is 0. The first-order valence-electron chi connectivity index (χ1n) is 5.91. The zero-order valence-corrected chi connectivity index (χ0v) is 10.2. The average molecular weight is 235 g/mol. The maximum Gasteiger partial charge on any atom is 0.325 e. The van der Waals surface area contributed by atoms with Crippen molar-refractivity contribution in [2.24, 2.45) is 0 Å². The van der Waals surface area contributed by atoms with Crippen molar-refractivity contribution >= 4 is 11.8 Å². The van der Waals surface area contributed by atoms with Crippen molar-refractivity contribution in [3.05, 3.63) is 18.1 Å². The van der Waals surface area contributed by atoms with Crippen molar-refractivity contribution in [2.75, 3.05) is 18.1 Å². The molecule has 1 aromatic heterocycles. The van der Waals surface area contributed by atoms with Gasteiger partial charge in [0.15, 0.2) is 0 Å². The normalized spacial score (nSPS) is 14.5. The molecule has 0 aliphatic heterocycles. The van der Waals surface area contributed by atoms with E-state index < -0.39 is 0 Å². The summed E-state index contributed by atoms with van der Waals surface area (Å²) < 4.78 is 4.98. The molecule has 1 fully saturated rings. The van der Waals surface area contributed by atoms with Crippen LogP contribution < -0.4 is 4.90 Å². The maximum absolute atomic E-state index is 11.5. The molecule has 0 saturated heterocycles. The smallest absolute Gasteiger partial charge is 0.325 e. The third-order valence-corrected chi connectivity index (χ3v) is 2.68. The van der Waals surface area contributed by atoms with E-state index in [9.17, 15) is 4.79 Å². The van der Waals surface area contributed by atoms with Crippen molar-refractivity contribution in [1.29, 1.82) is 0 Å². The molecule has 0 N–H and O–H groups in total. The molecule has 0 aromatic carbocycles. The molecule has 0 atom stereocenters. The molecule has 1 saturated carbocycles. The summed E-state index contributed by atoms with van der Waals surface area (Å²) in [7, 11) is 0. The Balaban J connectivity index is 2.09. The summed E-state index contributed by atoms with van der Waals surface area (Å²) in [6, 6.07) is 2.33. The van der Waals surface area contributed by atoms with Crippen LogP contribution in [0.25, 0.3) is 0 Å². The molecule has 0 amide bonds. The number of rotatable bonds is 5. The van der Waals surface area contributed by atoms with Gasteiger partial charge in [-0.05, 0) is 26.7 Å². The Morgan fingerprint density at radius 2 is 2.29 bits per heavy atom. The Hall–Kier alpha value is -1.65. The average Bonchev–Trinajstić information content (AvgIpc) is 3.10. The first kappa shape index (κ1) is 11.8. The van der Waals surface area contributed by atoms with Gasteiger partial charge in [0.2, 0.25) is 0 Å². The van der Waals surface area contributed by atoms with Gasteiger partial charge in [0.05, 0.1) is 6.61 Å². The van der Waals surface area contributed by atoms with Crippen molar-refractivity contribution in [1.82, 2.24) is 9.97 Å². The summed E-state index contributed by atoms with van der Waals surface area (Å²) in [4.78, 5) is 21.8. The Morgan fingerprint density at radius 3 is 2.88 bits per heavy atom. The van der Waals surface area contributed by atoms with Crippen molar-refractivity contribution in [3.8, 4) is 0 Å². The van der Waals surface area contributed by atoms with Gasteiger partial charge >= 0.3 is 5.97 Å². The fraction of sp³-hybridized carbons (Fsp3) is 0.583. The highest BCUT2D eigenvalue weighted by atomic mass is 16.5. The van der Waals surface area contributed by atoms with E-state index in [0.29, 0.717) is 12.6 Å². The molecule has 1 aliphatic carbocycles. The lowest BCUT2D eigenvalue weighted by atomic mass is 10.3. The van der Waals surface area contributed by atoms with Gasteiger partial charge < -0.3 is 9.64 Å². The summed E-state index contributed by atoms with van der Waals surface area (Å²) in [5, 5.41) is 0. The minimum absolute atomic E-state index is 0.198. The van der Waals surface area contributed by atoms with Gasteiger partial charge in [-0.15, -0.1) is 0 Å². The highest BCUT2D eigenvalue weighted by molar-refractivity contribution is 5.75. The van der Waals surface area contributed by atoms with Crippen LogP contribution in [-0.4, -0.2) is 35.1 Å². The van der Waals surface area contributed by atoms with Crippen LogP contribution in [0.1, 0.15) is 25.5 Å². The number of nitrogens with zero attached hydrogens (tertiary/aromatic N) is 3. The number of carbonyl (C=O) groups excluding carboxylic acids is 1. The lowest BCUT2D eigenvalue weighted by molar-refractivity contribution is -0.141. The van der Waals surface area contributed by atoms with Gasteiger partial charge in [-0.1, -0.05) is 0 Å². The predicted molar refractivity (Wildman–Crippen MR) is 63.8 cm³/mol. The second-order valence-electron chi connectivity index (χ2n) is 4.18. The Morgan fingerprint density at radius 1 is 1.53 bits per heavy atom. The quantitative estimate of drug-likeness (QED) is 0.720. The van der Waals surface area contributed by atoms with Crippen molar-refractivity contribution < 1.29 is 9.53 Å². The predicted octanol–water partition coefficient (Wildman–Crippen LogP) is 1.32. The van der Waals surface area contributed by atoms with Gasteiger partial charge in [-0.25, -0.2) is 9.97 Å². The van der Waals surface area contributed by atoms with E-state index in [4.69, 9.17) is 4.74 Å². The standard InChI is InChI=1S/C12H17N3O2/c1-3-17-12(16)7-15(10-4-5-10)11-6-9(2)13-8-14-11/h6,8,10H,3-5,7H2,1-2H3. The van der Waals surface area contributed by atoms with Gasteiger partial charge in [0.25, 0.3) is 0 Å². The number of carbonyl (C=O) groups is 1. The zero-order chi connectivity index (χ0) is 12.3. The number of anilines is 1. The summed E-state index contributed by atoms with van der Waals surface area (Å²) in [6.45, 7) is 4.42. The fourth-order valence-electron chi connectivity index (χ4n) is 1.73. The largest absolute Gasteiger partial charge is 0.465 e. The van der Waals surface area contributed by atoms with Gasteiger partial charge in [0, 0.05) is 17.8 Å². The third kappa shape index (κ3) is 3.15. The first-order chi connectivity index (χ1) is 8.20. The minimum atomic E-state index is -0.198. The molecular formula is C12H17N3O2. The van der Waals surface area contributed by atoms with Crippen LogP contribution in [0.3, 0.4) is 0 Å². The summed E-state index contributed by atoms with van der Waals surface area (Å²) in [5.41, 5.74) is 0.907. The maximum atomic E-state index is 11.5. The Bertz CT molecular complexity index is 404. The number of ether oxygens (including phenoxy) is 1. The zero-order valence-electron chi connectivity index (χ0n) is 10.2. The second-order valence-corrected chi connectivity index (χ2v) is 4.18. The van der Waals surface area contributed by atoms with Crippen LogP contribution in [0.5, 0.6) is 0 Å². The molecule has 0 spiro atoms. The highest BCUT2D eigenvalue weighted by Gasteiger charge is 2.31. The molecule has 5 nitrogen and oxygen atoms in total. The van der Waals surface area contributed by atoms with E-state index in [0.717, 1.165) is 24.4 Å². The minimum Gasteiger partial charge on any atom is -0.465 e. The monoisotopic (exact) mass is 235 g/mol. The molecule has 1 aromatic rings. The first-order valence-corrected chi connectivity index (χ1v) is 5.91. The second kappa shape index (κ2) is 5.12. The molecule has 2 rings (SSSR count). The number of hydrogen-bond acceptors (Lipinski definition) is 5. The van der Waals surface area contributed by atoms with Crippen LogP contribution in [0, 0.1) is 6.92 Å². The number of aromatic nitrogens is 2. The fourth-order valence-corrected chi connectivity index (χ4v) is 1.73. The molecule has 17 heavy (non-hydrogen) atoms. The van der Waals surface area contributed by atoms with Crippen LogP contribution in [0.15, 0.2) is 12.4 Å². The van der Waals surface area contributed by atoms with Crippen LogP contribution >= 0.6 is 0 Å². The van der Waals surface area contributed by atoms with Gasteiger partial charge in [0.1, 0.15) is 18.7 Å². The van der Waals surface area contributed by atoms with E-state index in [1.807, 2.05) is 24.8 Å². The van der Waals surface area contributed by atoms with E-state index in [1.54, 1.807) is 0 Å². The van der Waals surface area contributed by atoms with Gasteiger partial charge in [-0.3, -0.25) is 4.79 Å². The number of hydrogen-bond donors (Lipinski definition) is 0. The Kier molecular flexibility index (Phi) is 3.56. The van der Waals surface area contributed by atoms with Crippen molar-refractivity contribution in [3.63, 3.8) is 0 Å². The third-order valence-electron chi connectivity index (χ3n) is 2.68. The molecular weight excluding hydrogens is 218 g/mol. The summed E-state index contributed by atoms with van der Waals surface area (Å²) in [5.74, 6) is 0.615. The lowest BCUT2D eigenvalue weighted by Gasteiger charge is -2.22. The Labute approximate surface area is 101 Å². The SMILES string of the molecule is CCOC(=O)CN(c1cc(C)ncn1)C1CC1. The van der Waals surface area contributed by atoms with E-state index >= 15 is 0 Å². The lowest BCUT2D eigenvalue weighted by Crippen LogP contribution is -2.33. The van der Waals surface area contributed by atoms with E-state index in [2.05, 4.69) is 9.97 Å². The topological polar surface area (TPSA) is 55.3 Å². The molecule has 92 valence electrons. The van der Waals surface area contributed by atoms with Crippen LogP contribution in [0.4, 0.5) is 5.82 Å². The molecule has 0 unspecified atom stereocenters. The van der Waals surface area contributed by atoms with Gasteiger partial charge in [-0.2, -0.15) is 0 Å². The van der Waals surface area contributed by atoms with Crippen molar-refractivity contribution in [2.45, 2.75) is 32.7 Å². The number of aryl methyl sites for hydroxylation is 1. The van der Waals surface area contributed by atoms with E-state index in [1.165, 1.54) is 6.33 Å². The molecule has 1 heterocycles.